The van der Waals surface area contributed by atoms with Gasteiger partial charge in [-0.05, 0) is 43.9 Å². The van der Waals surface area contributed by atoms with E-state index < -0.39 is 17.6 Å². The van der Waals surface area contributed by atoms with Crippen LogP contribution < -0.4 is 5.32 Å². The van der Waals surface area contributed by atoms with Crippen LogP contribution in [0.3, 0.4) is 0 Å². The highest BCUT2D eigenvalue weighted by molar-refractivity contribution is 5.27. The normalized spacial score (nSPS) is 18.5. The van der Waals surface area contributed by atoms with Gasteiger partial charge in [0.1, 0.15) is 5.82 Å². The van der Waals surface area contributed by atoms with Crippen molar-refractivity contribution < 1.29 is 17.6 Å². The van der Waals surface area contributed by atoms with Crippen LogP contribution in [0.5, 0.6) is 0 Å². The van der Waals surface area contributed by atoms with Gasteiger partial charge in [0.15, 0.2) is 0 Å². The first-order valence-corrected chi connectivity index (χ1v) is 5.91. The predicted octanol–water partition coefficient (Wildman–Crippen LogP) is 3.88. The highest BCUT2D eigenvalue weighted by Crippen LogP contribution is 2.33. The molecule has 1 aliphatic rings. The first kappa shape index (κ1) is 13.3. The molecule has 2 rings (SSSR count). The smallest absolute Gasteiger partial charge is 0.307 e. The minimum atomic E-state index is -4.64. The van der Waals surface area contributed by atoms with Gasteiger partial charge in [-0.15, -0.1) is 0 Å². The standard InChI is InChI=1S/C13H15F4N/c1-12(5-2-6-12)18-8-9-3-4-11(14)10(7-9)13(15,16)17/h3-4,7,18H,2,5-6,8H2,1H3. The van der Waals surface area contributed by atoms with E-state index in [0.29, 0.717) is 12.1 Å². The average Bonchev–Trinajstić information content (AvgIpc) is 2.24. The van der Waals surface area contributed by atoms with Crippen molar-refractivity contribution >= 4 is 0 Å². The molecule has 0 bridgehead atoms. The Morgan fingerprint density at radius 2 is 1.94 bits per heavy atom. The summed E-state index contributed by atoms with van der Waals surface area (Å²) >= 11 is 0. The van der Waals surface area contributed by atoms with E-state index >= 15 is 0 Å². The van der Waals surface area contributed by atoms with Crippen LogP contribution in [0.4, 0.5) is 17.6 Å². The van der Waals surface area contributed by atoms with Crippen molar-refractivity contribution in [1.29, 1.82) is 0 Å². The summed E-state index contributed by atoms with van der Waals surface area (Å²) < 4.78 is 50.6. The number of hydrogen-bond acceptors (Lipinski definition) is 1. The Kier molecular flexibility index (Phi) is 3.36. The minimum Gasteiger partial charge on any atom is -0.307 e. The van der Waals surface area contributed by atoms with Crippen LogP contribution in [0.2, 0.25) is 0 Å². The molecule has 18 heavy (non-hydrogen) atoms. The lowest BCUT2D eigenvalue weighted by Crippen LogP contribution is -2.47. The SMILES string of the molecule is CC1(NCc2ccc(F)c(C(F)(F)F)c2)CCC1. The second-order valence-electron chi connectivity index (χ2n) is 5.08. The number of halogens is 4. The zero-order valence-electron chi connectivity index (χ0n) is 10.1. The molecule has 1 fully saturated rings. The second-order valence-corrected chi connectivity index (χ2v) is 5.08. The third-order valence-corrected chi connectivity index (χ3v) is 3.51. The van der Waals surface area contributed by atoms with E-state index in [-0.39, 0.29) is 5.54 Å². The molecule has 1 aliphatic carbocycles. The molecule has 5 heteroatoms. The molecular formula is C13H15F4N. The van der Waals surface area contributed by atoms with Gasteiger partial charge >= 0.3 is 6.18 Å². The first-order valence-electron chi connectivity index (χ1n) is 5.91. The Morgan fingerprint density at radius 3 is 2.44 bits per heavy atom. The quantitative estimate of drug-likeness (QED) is 0.814. The van der Waals surface area contributed by atoms with Gasteiger partial charge in [-0.3, -0.25) is 0 Å². The van der Waals surface area contributed by atoms with E-state index in [4.69, 9.17) is 0 Å². The zero-order valence-corrected chi connectivity index (χ0v) is 10.1. The van der Waals surface area contributed by atoms with Crippen molar-refractivity contribution in [2.45, 2.75) is 44.4 Å². The summed E-state index contributed by atoms with van der Waals surface area (Å²) in [5, 5.41) is 3.22. The minimum absolute atomic E-state index is 0.0206. The largest absolute Gasteiger partial charge is 0.419 e. The fourth-order valence-corrected chi connectivity index (χ4v) is 2.10. The topological polar surface area (TPSA) is 12.0 Å². The molecule has 1 aromatic carbocycles. The van der Waals surface area contributed by atoms with E-state index in [0.717, 1.165) is 31.4 Å². The summed E-state index contributed by atoms with van der Waals surface area (Å²) in [6.45, 7) is 2.38. The van der Waals surface area contributed by atoms with E-state index in [1.807, 2.05) is 6.92 Å². The van der Waals surface area contributed by atoms with Gasteiger partial charge < -0.3 is 5.32 Å². The summed E-state index contributed by atoms with van der Waals surface area (Å²) in [6.07, 6.45) is -1.44. The zero-order chi connectivity index (χ0) is 13.4. The van der Waals surface area contributed by atoms with Gasteiger partial charge in [0.25, 0.3) is 0 Å². The van der Waals surface area contributed by atoms with Crippen LogP contribution in [0.15, 0.2) is 18.2 Å². The van der Waals surface area contributed by atoms with Crippen LogP contribution in [-0.2, 0) is 12.7 Å². The molecule has 0 radical (unpaired) electrons. The number of rotatable bonds is 3. The van der Waals surface area contributed by atoms with Crippen molar-refractivity contribution in [3.05, 3.63) is 35.1 Å². The maximum atomic E-state index is 13.1. The number of alkyl halides is 3. The second kappa shape index (κ2) is 4.53. The summed E-state index contributed by atoms with van der Waals surface area (Å²) in [7, 11) is 0. The fraction of sp³-hybridized carbons (Fsp3) is 0.538. The van der Waals surface area contributed by atoms with Gasteiger partial charge in [-0.2, -0.15) is 13.2 Å². The van der Waals surface area contributed by atoms with Crippen molar-refractivity contribution in [3.63, 3.8) is 0 Å². The van der Waals surface area contributed by atoms with Crippen molar-refractivity contribution in [1.82, 2.24) is 5.32 Å². The molecule has 1 aromatic rings. The Hall–Kier alpha value is -1.10. The van der Waals surface area contributed by atoms with Gasteiger partial charge in [0.05, 0.1) is 5.56 Å². The van der Waals surface area contributed by atoms with Crippen molar-refractivity contribution in [2.75, 3.05) is 0 Å². The lowest BCUT2D eigenvalue weighted by Gasteiger charge is -2.39. The van der Waals surface area contributed by atoms with Crippen LogP contribution >= 0.6 is 0 Å². The fourth-order valence-electron chi connectivity index (χ4n) is 2.10. The lowest BCUT2D eigenvalue weighted by atomic mass is 9.78. The summed E-state index contributed by atoms with van der Waals surface area (Å²) in [4.78, 5) is 0. The Labute approximate surface area is 103 Å². The van der Waals surface area contributed by atoms with Gasteiger partial charge in [-0.1, -0.05) is 6.07 Å². The van der Waals surface area contributed by atoms with Crippen LogP contribution in [-0.4, -0.2) is 5.54 Å². The van der Waals surface area contributed by atoms with Crippen LogP contribution in [0.1, 0.15) is 37.3 Å². The first-order chi connectivity index (χ1) is 8.30. The maximum absolute atomic E-state index is 13.1. The third kappa shape index (κ3) is 2.83. The maximum Gasteiger partial charge on any atom is 0.419 e. The number of nitrogens with one attached hydrogen (secondary N) is 1. The molecule has 0 atom stereocenters. The molecule has 1 saturated carbocycles. The highest BCUT2D eigenvalue weighted by atomic mass is 19.4. The molecule has 0 unspecified atom stereocenters. The Balaban J connectivity index is 2.10. The molecule has 0 heterocycles. The molecule has 0 aliphatic heterocycles. The summed E-state index contributed by atoms with van der Waals surface area (Å²) in [5.41, 5.74) is -0.718. The Bertz CT molecular complexity index is 435. The highest BCUT2D eigenvalue weighted by Gasteiger charge is 2.34. The van der Waals surface area contributed by atoms with Crippen molar-refractivity contribution in [2.24, 2.45) is 0 Å². The van der Waals surface area contributed by atoms with Gasteiger partial charge in [0.2, 0.25) is 0 Å². The molecule has 0 amide bonds. The molecule has 0 saturated heterocycles. The summed E-state index contributed by atoms with van der Waals surface area (Å²) in [5.74, 6) is -1.22. The summed E-state index contributed by atoms with van der Waals surface area (Å²) in [6, 6.07) is 3.15. The number of hydrogen-bond donors (Lipinski definition) is 1. The predicted molar refractivity (Wildman–Crippen MR) is 60.5 cm³/mol. The van der Waals surface area contributed by atoms with Crippen LogP contribution in [0.25, 0.3) is 0 Å². The van der Waals surface area contributed by atoms with E-state index in [9.17, 15) is 17.6 Å². The van der Waals surface area contributed by atoms with Crippen LogP contribution in [0, 0.1) is 5.82 Å². The van der Waals surface area contributed by atoms with Crippen molar-refractivity contribution in [3.8, 4) is 0 Å². The average molecular weight is 261 g/mol. The molecule has 0 aromatic heterocycles. The van der Waals surface area contributed by atoms with E-state index in [2.05, 4.69) is 5.32 Å². The molecular weight excluding hydrogens is 246 g/mol. The monoisotopic (exact) mass is 261 g/mol. The third-order valence-electron chi connectivity index (χ3n) is 3.51. The lowest BCUT2D eigenvalue weighted by molar-refractivity contribution is -0.140. The molecule has 0 spiro atoms. The van der Waals surface area contributed by atoms with Gasteiger partial charge in [-0.25, -0.2) is 4.39 Å². The molecule has 1 nitrogen and oxygen atoms in total. The van der Waals surface area contributed by atoms with E-state index in [1.165, 1.54) is 6.07 Å². The number of benzene rings is 1. The van der Waals surface area contributed by atoms with Gasteiger partial charge in [0, 0.05) is 12.1 Å². The van der Waals surface area contributed by atoms with E-state index in [1.54, 1.807) is 0 Å². The molecule has 100 valence electrons. The Morgan fingerprint density at radius 1 is 1.28 bits per heavy atom. The molecule has 1 N–H and O–H groups in total.